The molecular formula is C16H25N3O. The van der Waals surface area contributed by atoms with Crippen LogP contribution in [0.15, 0.2) is 30.3 Å². The van der Waals surface area contributed by atoms with Crippen molar-refractivity contribution in [3.63, 3.8) is 0 Å². The Morgan fingerprint density at radius 1 is 1.35 bits per heavy atom. The molecule has 4 heteroatoms. The van der Waals surface area contributed by atoms with Crippen molar-refractivity contribution in [2.75, 3.05) is 19.6 Å². The lowest BCUT2D eigenvalue weighted by Crippen LogP contribution is -2.44. The zero-order valence-electron chi connectivity index (χ0n) is 12.2. The highest BCUT2D eigenvalue weighted by Crippen LogP contribution is 2.19. The van der Waals surface area contributed by atoms with Crippen molar-refractivity contribution in [2.24, 2.45) is 11.7 Å². The number of nitrogens with zero attached hydrogens (tertiary/aromatic N) is 1. The third-order valence-corrected chi connectivity index (χ3v) is 4.08. The summed E-state index contributed by atoms with van der Waals surface area (Å²) in [6.07, 6.45) is 2.20. The maximum absolute atomic E-state index is 11.9. The molecule has 3 N–H and O–H groups in total. The van der Waals surface area contributed by atoms with E-state index in [4.69, 9.17) is 5.73 Å². The molecule has 0 saturated carbocycles. The molecule has 1 aliphatic heterocycles. The molecule has 1 unspecified atom stereocenters. The highest BCUT2D eigenvalue weighted by molar-refractivity contribution is 5.78. The number of hydrogen-bond donors (Lipinski definition) is 2. The maximum Gasteiger partial charge on any atom is 0.234 e. The Bertz CT molecular complexity index is 411. The SMILES string of the molecule is CC(N)C1CCN(CC(=O)NCc2ccccc2)CC1. The summed E-state index contributed by atoms with van der Waals surface area (Å²) < 4.78 is 0. The molecule has 1 aliphatic rings. The molecule has 2 rings (SSSR count). The molecule has 0 radical (unpaired) electrons. The predicted octanol–water partition coefficient (Wildman–Crippen LogP) is 1.36. The lowest BCUT2D eigenvalue weighted by atomic mass is 9.91. The van der Waals surface area contributed by atoms with Crippen molar-refractivity contribution in [1.29, 1.82) is 0 Å². The second-order valence-electron chi connectivity index (χ2n) is 5.74. The van der Waals surface area contributed by atoms with Crippen molar-refractivity contribution in [1.82, 2.24) is 10.2 Å². The third-order valence-electron chi connectivity index (χ3n) is 4.08. The van der Waals surface area contributed by atoms with Gasteiger partial charge in [0.2, 0.25) is 5.91 Å². The standard InChI is InChI=1S/C16H25N3O/c1-13(17)15-7-9-19(10-8-15)12-16(20)18-11-14-5-3-2-4-6-14/h2-6,13,15H,7-12,17H2,1H3,(H,18,20). The van der Waals surface area contributed by atoms with Crippen LogP contribution in [0.3, 0.4) is 0 Å². The van der Waals surface area contributed by atoms with Gasteiger partial charge in [-0.05, 0) is 44.3 Å². The summed E-state index contributed by atoms with van der Waals surface area (Å²) in [5.41, 5.74) is 7.06. The number of benzene rings is 1. The Morgan fingerprint density at radius 2 is 2.00 bits per heavy atom. The van der Waals surface area contributed by atoms with Gasteiger partial charge in [0, 0.05) is 12.6 Å². The molecule has 20 heavy (non-hydrogen) atoms. The van der Waals surface area contributed by atoms with Crippen molar-refractivity contribution in [3.05, 3.63) is 35.9 Å². The first-order valence-electron chi connectivity index (χ1n) is 7.43. The molecule has 0 bridgehead atoms. The fourth-order valence-electron chi connectivity index (χ4n) is 2.69. The van der Waals surface area contributed by atoms with Crippen LogP contribution in [0, 0.1) is 5.92 Å². The van der Waals surface area contributed by atoms with Crippen molar-refractivity contribution < 1.29 is 4.79 Å². The lowest BCUT2D eigenvalue weighted by Gasteiger charge is -2.33. The van der Waals surface area contributed by atoms with E-state index in [0.717, 1.165) is 31.5 Å². The van der Waals surface area contributed by atoms with Gasteiger partial charge in [-0.15, -0.1) is 0 Å². The molecule has 4 nitrogen and oxygen atoms in total. The van der Waals surface area contributed by atoms with Gasteiger partial charge in [0.05, 0.1) is 6.54 Å². The van der Waals surface area contributed by atoms with Crippen LogP contribution < -0.4 is 11.1 Å². The van der Waals surface area contributed by atoms with E-state index in [1.54, 1.807) is 0 Å². The number of likely N-dealkylation sites (tertiary alicyclic amines) is 1. The largest absolute Gasteiger partial charge is 0.351 e. The minimum absolute atomic E-state index is 0.105. The minimum Gasteiger partial charge on any atom is -0.351 e. The van der Waals surface area contributed by atoms with Gasteiger partial charge in [-0.25, -0.2) is 0 Å². The number of nitrogens with two attached hydrogens (primary N) is 1. The molecular weight excluding hydrogens is 250 g/mol. The number of nitrogens with one attached hydrogen (secondary N) is 1. The summed E-state index contributed by atoms with van der Waals surface area (Å²) in [7, 11) is 0. The predicted molar refractivity (Wildman–Crippen MR) is 81.1 cm³/mol. The molecule has 1 saturated heterocycles. The van der Waals surface area contributed by atoms with Gasteiger partial charge in [0.1, 0.15) is 0 Å². The fourth-order valence-corrected chi connectivity index (χ4v) is 2.69. The van der Waals surface area contributed by atoms with Crippen molar-refractivity contribution in [3.8, 4) is 0 Å². The molecule has 0 spiro atoms. The molecule has 0 aliphatic carbocycles. The van der Waals surface area contributed by atoms with Gasteiger partial charge in [0.25, 0.3) is 0 Å². The third kappa shape index (κ3) is 4.62. The summed E-state index contributed by atoms with van der Waals surface area (Å²) in [4.78, 5) is 14.1. The molecule has 1 amide bonds. The Labute approximate surface area is 121 Å². The van der Waals surface area contributed by atoms with Crippen LogP contribution in [0.4, 0.5) is 0 Å². The number of piperidine rings is 1. The van der Waals surface area contributed by atoms with E-state index in [1.165, 1.54) is 0 Å². The van der Waals surface area contributed by atoms with Crippen LogP contribution >= 0.6 is 0 Å². The molecule has 1 fully saturated rings. The highest BCUT2D eigenvalue weighted by atomic mass is 16.2. The molecule has 110 valence electrons. The number of rotatable bonds is 5. The average molecular weight is 275 g/mol. The summed E-state index contributed by atoms with van der Waals surface area (Å²) in [6.45, 7) is 5.14. The first kappa shape index (κ1) is 15.0. The topological polar surface area (TPSA) is 58.4 Å². The van der Waals surface area contributed by atoms with Crippen molar-refractivity contribution >= 4 is 5.91 Å². The zero-order valence-corrected chi connectivity index (χ0v) is 12.2. The number of hydrogen-bond acceptors (Lipinski definition) is 3. The van der Waals surface area contributed by atoms with Gasteiger partial charge >= 0.3 is 0 Å². The molecule has 1 atom stereocenters. The van der Waals surface area contributed by atoms with Crippen LogP contribution in [0.5, 0.6) is 0 Å². The van der Waals surface area contributed by atoms with E-state index < -0.39 is 0 Å². The Balaban J connectivity index is 1.68. The first-order chi connectivity index (χ1) is 9.65. The summed E-state index contributed by atoms with van der Waals surface area (Å²) >= 11 is 0. The quantitative estimate of drug-likeness (QED) is 0.853. The highest BCUT2D eigenvalue weighted by Gasteiger charge is 2.22. The number of amides is 1. The second kappa shape index (κ2) is 7.41. The fraction of sp³-hybridized carbons (Fsp3) is 0.562. The van der Waals surface area contributed by atoms with Crippen LogP contribution in [0.1, 0.15) is 25.3 Å². The van der Waals surface area contributed by atoms with E-state index in [1.807, 2.05) is 30.3 Å². The van der Waals surface area contributed by atoms with E-state index >= 15 is 0 Å². The number of carbonyl (C=O) groups is 1. The average Bonchev–Trinajstić information content (AvgIpc) is 2.47. The Hall–Kier alpha value is -1.39. The van der Waals surface area contributed by atoms with E-state index in [-0.39, 0.29) is 11.9 Å². The molecule has 1 heterocycles. The molecule has 1 aromatic rings. The van der Waals surface area contributed by atoms with Gasteiger partial charge in [0.15, 0.2) is 0 Å². The smallest absolute Gasteiger partial charge is 0.234 e. The van der Waals surface area contributed by atoms with Crippen LogP contribution in [-0.4, -0.2) is 36.5 Å². The van der Waals surface area contributed by atoms with Gasteiger partial charge in [-0.2, -0.15) is 0 Å². The van der Waals surface area contributed by atoms with Crippen LogP contribution in [0.2, 0.25) is 0 Å². The Kier molecular flexibility index (Phi) is 5.56. The summed E-state index contributed by atoms with van der Waals surface area (Å²) in [6, 6.07) is 10.3. The van der Waals surface area contributed by atoms with Gasteiger partial charge in [-0.1, -0.05) is 30.3 Å². The monoisotopic (exact) mass is 275 g/mol. The van der Waals surface area contributed by atoms with Gasteiger partial charge in [-0.3, -0.25) is 9.69 Å². The van der Waals surface area contributed by atoms with Crippen molar-refractivity contribution in [2.45, 2.75) is 32.4 Å². The normalized spacial score (nSPS) is 18.7. The first-order valence-corrected chi connectivity index (χ1v) is 7.43. The Morgan fingerprint density at radius 3 is 2.60 bits per heavy atom. The lowest BCUT2D eigenvalue weighted by molar-refractivity contribution is -0.122. The molecule has 0 aromatic heterocycles. The van der Waals surface area contributed by atoms with Gasteiger partial charge < -0.3 is 11.1 Å². The molecule has 1 aromatic carbocycles. The second-order valence-corrected chi connectivity index (χ2v) is 5.74. The summed E-state index contributed by atoms with van der Waals surface area (Å²) in [5, 5.41) is 2.97. The van der Waals surface area contributed by atoms with Crippen LogP contribution in [0.25, 0.3) is 0 Å². The zero-order chi connectivity index (χ0) is 14.4. The minimum atomic E-state index is 0.105. The van der Waals surface area contributed by atoms with E-state index in [0.29, 0.717) is 19.0 Å². The summed E-state index contributed by atoms with van der Waals surface area (Å²) in [5.74, 6) is 0.715. The van der Waals surface area contributed by atoms with Crippen LogP contribution in [-0.2, 0) is 11.3 Å². The van der Waals surface area contributed by atoms with E-state index in [9.17, 15) is 4.79 Å². The maximum atomic E-state index is 11.9. The van der Waals surface area contributed by atoms with E-state index in [2.05, 4.69) is 17.1 Å². The number of carbonyl (C=O) groups excluding carboxylic acids is 1.